The minimum Gasteiger partial charge on any atom is -0.355 e. The monoisotopic (exact) mass is 312 g/mol. The van der Waals surface area contributed by atoms with Gasteiger partial charge in [-0.1, -0.05) is 29.8 Å². The van der Waals surface area contributed by atoms with E-state index < -0.39 is 6.04 Å². The minimum atomic E-state index is -0.526. The lowest BCUT2D eigenvalue weighted by molar-refractivity contribution is -0.682. The highest BCUT2D eigenvalue weighted by Gasteiger charge is 2.17. The molecule has 0 aromatic heterocycles. The Morgan fingerprint density at radius 2 is 1.95 bits per heavy atom. The van der Waals surface area contributed by atoms with Gasteiger partial charge in [0, 0.05) is 17.1 Å². The van der Waals surface area contributed by atoms with Crippen LogP contribution in [0, 0.1) is 0 Å². The van der Waals surface area contributed by atoms with Gasteiger partial charge in [-0.3, -0.25) is 9.59 Å². The number of halogens is 1. The molecule has 0 aliphatic rings. The van der Waals surface area contributed by atoms with Gasteiger partial charge >= 0.3 is 0 Å². The highest BCUT2D eigenvalue weighted by atomic mass is 35.5. The van der Waals surface area contributed by atoms with Gasteiger partial charge in [0.2, 0.25) is 5.91 Å². The molecule has 4 N–H and O–H groups in total. The lowest BCUT2D eigenvalue weighted by Crippen LogP contribution is -2.87. The molecule has 1 aromatic rings. The van der Waals surface area contributed by atoms with Gasteiger partial charge in [-0.15, -0.1) is 0 Å². The Hall–Kier alpha value is -1.59. The standard InChI is InChI=1S/C15H22ClN3O2/c1-4-17-15(21)11(3)19-14(20)9-18-10(2)12-7-5-6-8-13(12)16/h5-8,10-11,18H,4,9H2,1-3H3,(H,17,21)(H,19,20)/p+1/t10-,11+/m1/s1. The number of nitrogens with two attached hydrogens (primary N) is 1. The van der Waals surface area contributed by atoms with Crippen molar-refractivity contribution in [2.75, 3.05) is 13.1 Å². The predicted molar refractivity (Wildman–Crippen MR) is 82.9 cm³/mol. The van der Waals surface area contributed by atoms with Gasteiger partial charge in [-0.25, -0.2) is 0 Å². The maximum Gasteiger partial charge on any atom is 0.275 e. The summed E-state index contributed by atoms with van der Waals surface area (Å²) in [5, 5.41) is 7.92. The van der Waals surface area contributed by atoms with E-state index in [9.17, 15) is 9.59 Å². The van der Waals surface area contributed by atoms with E-state index in [2.05, 4.69) is 10.6 Å². The zero-order chi connectivity index (χ0) is 15.8. The lowest BCUT2D eigenvalue weighted by Gasteiger charge is -2.15. The quantitative estimate of drug-likeness (QED) is 0.690. The maximum atomic E-state index is 11.8. The Balaban J connectivity index is 2.43. The summed E-state index contributed by atoms with van der Waals surface area (Å²) >= 11 is 6.12. The van der Waals surface area contributed by atoms with Crippen molar-refractivity contribution in [1.82, 2.24) is 10.6 Å². The first-order chi connectivity index (χ1) is 9.95. The average Bonchev–Trinajstić information content (AvgIpc) is 2.45. The van der Waals surface area contributed by atoms with Gasteiger partial charge in [-0.2, -0.15) is 0 Å². The number of amides is 2. The molecular formula is C15H23ClN3O2+. The van der Waals surface area contributed by atoms with Crippen LogP contribution in [0.15, 0.2) is 24.3 Å². The number of nitrogens with one attached hydrogen (secondary N) is 2. The molecule has 0 radical (unpaired) electrons. The zero-order valence-electron chi connectivity index (χ0n) is 12.7. The number of hydrogen-bond donors (Lipinski definition) is 3. The summed E-state index contributed by atoms with van der Waals surface area (Å²) in [5.74, 6) is -0.349. The Morgan fingerprint density at radius 3 is 2.57 bits per heavy atom. The first-order valence-electron chi connectivity index (χ1n) is 7.10. The molecule has 0 bridgehead atoms. The van der Waals surface area contributed by atoms with Gasteiger partial charge in [0.05, 0.1) is 0 Å². The average molecular weight is 313 g/mol. The van der Waals surface area contributed by atoms with Crippen LogP contribution in [0.25, 0.3) is 0 Å². The summed E-state index contributed by atoms with van der Waals surface area (Å²) < 4.78 is 0. The predicted octanol–water partition coefficient (Wildman–Crippen LogP) is 0.605. The summed E-state index contributed by atoms with van der Waals surface area (Å²) in [6.07, 6.45) is 0. The number of carbonyl (C=O) groups excluding carboxylic acids is 2. The van der Waals surface area contributed by atoms with Crippen LogP contribution in [0.1, 0.15) is 32.4 Å². The molecule has 2 amide bonds. The normalized spacial score (nSPS) is 13.3. The second kappa shape index (κ2) is 8.64. The molecule has 2 atom stereocenters. The van der Waals surface area contributed by atoms with E-state index in [1.54, 1.807) is 6.92 Å². The molecule has 5 nitrogen and oxygen atoms in total. The van der Waals surface area contributed by atoms with Gasteiger partial charge in [0.15, 0.2) is 6.54 Å². The number of likely N-dealkylation sites (N-methyl/N-ethyl adjacent to an activating group) is 1. The third-order valence-corrected chi connectivity index (χ3v) is 3.52. The van der Waals surface area contributed by atoms with Gasteiger partial charge < -0.3 is 16.0 Å². The van der Waals surface area contributed by atoms with Crippen molar-refractivity contribution in [3.05, 3.63) is 34.9 Å². The van der Waals surface area contributed by atoms with Crippen molar-refractivity contribution < 1.29 is 14.9 Å². The fraction of sp³-hybridized carbons (Fsp3) is 0.467. The summed E-state index contributed by atoms with van der Waals surface area (Å²) in [5.41, 5.74) is 0.990. The molecule has 6 heteroatoms. The Kier molecular flexibility index (Phi) is 7.19. The molecule has 0 heterocycles. The third-order valence-electron chi connectivity index (χ3n) is 3.17. The molecule has 0 saturated heterocycles. The summed E-state index contributed by atoms with van der Waals surface area (Å²) in [4.78, 5) is 23.4. The minimum absolute atomic E-state index is 0.0734. The second-order valence-electron chi connectivity index (χ2n) is 4.93. The molecule has 21 heavy (non-hydrogen) atoms. The summed E-state index contributed by atoms with van der Waals surface area (Å²) in [6, 6.07) is 7.12. The molecule has 116 valence electrons. The molecule has 0 spiro atoms. The molecule has 0 fully saturated rings. The number of hydrogen-bond acceptors (Lipinski definition) is 2. The number of quaternary nitrogens is 1. The molecule has 0 aliphatic carbocycles. The van der Waals surface area contributed by atoms with E-state index in [0.29, 0.717) is 11.6 Å². The number of benzene rings is 1. The third kappa shape index (κ3) is 5.73. The van der Waals surface area contributed by atoms with Crippen LogP contribution in [-0.2, 0) is 9.59 Å². The second-order valence-corrected chi connectivity index (χ2v) is 5.34. The highest BCUT2D eigenvalue weighted by Crippen LogP contribution is 2.19. The summed E-state index contributed by atoms with van der Waals surface area (Å²) in [7, 11) is 0. The van der Waals surface area contributed by atoms with Crippen LogP contribution < -0.4 is 16.0 Å². The summed E-state index contributed by atoms with van der Waals surface area (Å²) in [6.45, 7) is 6.29. The van der Waals surface area contributed by atoms with E-state index in [4.69, 9.17) is 11.6 Å². The van der Waals surface area contributed by atoms with E-state index in [1.165, 1.54) is 0 Å². The maximum absolute atomic E-state index is 11.8. The van der Waals surface area contributed by atoms with Gasteiger partial charge in [-0.05, 0) is 26.8 Å². The molecule has 0 aliphatic heterocycles. The Labute approximate surface area is 130 Å². The van der Waals surface area contributed by atoms with Crippen LogP contribution in [0.5, 0.6) is 0 Å². The SMILES string of the molecule is CCNC(=O)[C@H](C)NC(=O)C[NH2+][C@H](C)c1ccccc1Cl. The van der Waals surface area contributed by atoms with E-state index in [0.717, 1.165) is 5.56 Å². The van der Waals surface area contributed by atoms with Crippen LogP contribution in [0.4, 0.5) is 0 Å². The molecule has 0 saturated carbocycles. The van der Waals surface area contributed by atoms with Crippen molar-refractivity contribution in [2.24, 2.45) is 0 Å². The van der Waals surface area contributed by atoms with Gasteiger partial charge in [0.25, 0.3) is 5.91 Å². The molecular weight excluding hydrogens is 290 g/mol. The first-order valence-corrected chi connectivity index (χ1v) is 7.48. The number of rotatable bonds is 7. The zero-order valence-corrected chi connectivity index (χ0v) is 13.4. The topological polar surface area (TPSA) is 74.8 Å². The van der Waals surface area contributed by atoms with E-state index >= 15 is 0 Å². The van der Waals surface area contributed by atoms with E-state index in [1.807, 2.05) is 43.4 Å². The first kappa shape index (κ1) is 17.5. The fourth-order valence-corrected chi connectivity index (χ4v) is 2.26. The Morgan fingerprint density at radius 1 is 1.29 bits per heavy atom. The lowest BCUT2D eigenvalue weighted by atomic mass is 10.1. The van der Waals surface area contributed by atoms with Crippen molar-refractivity contribution in [3.8, 4) is 0 Å². The fourth-order valence-electron chi connectivity index (χ4n) is 1.95. The van der Waals surface area contributed by atoms with Crippen molar-refractivity contribution in [2.45, 2.75) is 32.9 Å². The van der Waals surface area contributed by atoms with Crippen LogP contribution in [-0.4, -0.2) is 30.9 Å². The molecule has 1 rings (SSSR count). The van der Waals surface area contributed by atoms with Crippen LogP contribution in [0.2, 0.25) is 5.02 Å². The van der Waals surface area contributed by atoms with Crippen molar-refractivity contribution >= 4 is 23.4 Å². The smallest absolute Gasteiger partial charge is 0.275 e. The number of carbonyl (C=O) groups is 2. The largest absolute Gasteiger partial charge is 0.355 e. The highest BCUT2D eigenvalue weighted by molar-refractivity contribution is 6.31. The van der Waals surface area contributed by atoms with Crippen molar-refractivity contribution in [1.29, 1.82) is 0 Å². The van der Waals surface area contributed by atoms with Crippen LogP contribution in [0.3, 0.4) is 0 Å². The molecule has 1 aromatic carbocycles. The van der Waals surface area contributed by atoms with Crippen molar-refractivity contribution in [3.63, 3.8) is 0 Å². The van der Waals surface area contributed by atoms with Crippen LogP contribution >= 0.6 is 11.6 Å². The molecule has 0 unspecified atom stereocenters. The van der Waals surface area contributed by atoms with Gasteiger partial charge in [0.1, 0.15) is 12.1 Å². The van der Waals surface area contributed by atoms with E-state index in [-0.39, 0.29) is 24.4 Å². The Bertz CT molecular complexity index is 494.